The monoisotopic (exact) mass is 450 g/mol. The van der Waals surface area contributed by atoms with Gasteiger partial charge in [0.1, 0.15) is 22.4 Å². The summed E-state index contributed by atoms with van der Waals surface area (Å²) in [6.45, 7) is 4.50. The number of aromatic hydroxyl groups is 1. The van der Waals surface area contributed by atoms with E-state index in [9.17, 15) is 19.1 Å². The van der Waals surface area contributed by atoms with Crippen molar-refractivity contribution in [3.05, 3.63) is 75.1 Å². The van der Waals surface area contributed by atoms with Crippen LogP contribution < -0.4 is 10.3 Å². The molecule has 1 aromatic carbocycles. The zero-order valence-corrected chi connectivity index (χ0v) is 18.0. The molecule has 1 N–H and O–H groups in total. The quantitative estimate of drug-likeness (QED) is 0.471. The molecule has 0 radical (unpaired) electrons. The molecular formula is C23H19FN4O5. The molecule has 1 aliphatic rings. The van der Waals surface area contributed by atoms with Gasteiger partial charge in [0.05, 0.1) is 6.54 Å². The van der Waals surface area contributed by atoms with Crippen molar-refractivity contribution >= 4 is 16.8 Å². The molecule has 0 unspecified atom stereocenters. The van der Waals surface area contributed by atoms with E-state index in [1.807, 2.05) is 0 Å². The highest BCUT2D eigenvalue weighted by Crippen LogP contribution is 2.42. The summed E-state index contributed by atoms with van der Waals surface area (Å²) in [5.41, 5.74) is -0.526. The molecule has 0 amide bonds. The molecule has 0 fully saturated rings. The minimum atomic E-state index is -1.23. The number of hydrogen-bond acceptors (Lipinski definition) is 8. The number of ketones is 1. The summed E-state index contributed by atoms with van der Waals surface area (Å²) in [7, 11) is 0. The SMILES string of the molecule is CC(=O)c1c(O)c2ncc(Cc3ccc(F)cc3)c3c2n(c1=O)C[C@](C)(c1nnc(C)o1)O3. The molecule has 3 aromatic heterocycles. The first-order valence-electron chi connectivity index (χ1n) is 10.2. The molecule has 9 nitrogen and oxygen atoms in total. The van der Waals surface area contributed by atoms with Crippen molar-refractivity contribution in [1.29, 1.82) is 0 Å². The Bertz CT molecular complexity index is 1490. The molecule has 33 heavy (non-hydrogen) atoms. The Balaban J connectivity index is 1.78. The van der Waals surface area contributed by atoms with Gasteiger partial charge in [-0.3, -0.25) is 19.1 Å². The Hall–Kier alpha value is -4.08. The average molecular weight is 450 g/mol. The summed E-state index contributed by atoms with van der Waals surface area (Å²) in [5.74, 6) is -0.653. The molecule has 0 saturated carbocycles. The molecule has 1 atom stereocenters. The van der Waals surface area contributed by atoms with Crippen LogP contribution in [0.4, 0.5) is 4.39 Å². The molecule has 0 aliphatic carbocycles. The molecule has 10 heteroatoms. The first kappa shape index (κ1) is 20.8. The maximum atomic E-state index is 13.4. The third-order valence-electron chi connectivity index (χ3n) is 5.70. The third kappa shape index (κ3) is 3.25. The fourth-order valence-electron chi connectivity index (χ4n) is 4.11. The van der Waals surface area contributed by atoms with Crippen molar-refractivity contribution in [2.45, 2.75) is 39.3 Å². The van der Waals surface area contributed by atoms with Crippen molar-refractivity contribution < 1.29 is 23.4 Å². The number of aryl methyl sites for hydroxylation is 1. The molecule has 1 aliphatic heterocycles. The maximum Gasteiger partial charge on any atom is 0.266 e. The number of nitrogens with zero attached hydrogens (tertiary/aromatic N) is 4. The fourth-order valence-corrected chi connectivity index (χ4v) is 4.11. The van der Waals surface area contributed by atoms with Crippen LogP contribution in [0.1, 0.15) is 47.1 Å². The first-order chi connectivity index (χ1) is 15.7. The molecule has 5 rings (SSSR count). The predicted octanol–water partition coefficient (Wildman–Crippen LogP) is 3.03. The lowest BCUT2D eigenvalue weighted by molar-refractivity contribution is 0.0282. The molecule has 0 spiro atoms. The van der Waals surface area contributed by atoms with E-state index in [1.54, 1.807) is 26.0 Å². The van der Waals surface area contributed by atoms with Crippen LogP contribution >= 0.6 is 0 Å². The highest BCUT2D eigenvalue weighted by Gasteiger charge is 2.42. The Morgan fingerprint density at radius 2 is 2.00 bits per heavy atom. The number of carbonyl (C=O) groups excluding carboxylic acids is 1. The zero-order chi connectivity index (χ0) is 23.5. The van der Waals surface area contributed by atoms with Crippen molar-refractivity contribution in [3.8, 4) is 11.5 Å². The smallest absolute Gasteiger partial charge is 0.266 e. The second-order valence-corrected chi connectivity index (χ2v) is 8.24. The topological polar surface area (TPSA) is 120 Å². The number of rotatable bonds is 4. The van der Waals surface area contributed by atoms with E-state index in [0.717, 1.165) is 5.56 Å². The van der Waals surface area contributed by atoms with E-state index in [2.05, 4.69) is 15.2 Å². The number of pyridine rings is 2. The van der Waals surface area contributed by atoms with Crippen LogP contribution in [0, 0.1) is 12.7 Å². The van der Waals surface area contributed by atoms with Gasteiger partial charge in [0, 0.05) is 25.1 Å². The van der Waals surface area contributed by atoms with Crippen LogP contribution in [0.5, 0.6) is 11.5 Å². The minimum Gasteiger partial charge on any atom is -0.505 e. The Labute approximate surface area is 186 Å². The van der Waals surface area contributed by atoms with Crippen LogP contribution in [0.3, 0.4) is 0 Å². The predicted molar refractivity (Wildman–Crippen MR) is 114 cm³/mol. The lowest BCUT2D eigenvalue weighted by Crippen LogP contribution is -2.43. The van der Waals surface area contributed by atoms with Gasteiger partial charge in [-0.1, -0.05) is 12.1 Å². The first-order valence-corrected chi connectivity index (χ1v) is 10.2. The van der Waals surface area contributed by atoms with E-state index in [-0.39, 0.29) is 40.6 Å². The highest BCUT2D eigenvalue weighted by atomic mass is 19.1. The van der Waals surface area contributed by atoms with E-state index < -0.39 is 22.7 Å². The lowest BCUT2D eigenvalue weighted by Gasteiger charge is -2.35. The molecule has 0 saturated heterocycles. The van der Waals surface area contributed by atoms with Gasteiger partial charge in [0.15, 0.2) is 17.3 Å². The van der Waals surface area contributed by atoms with E-state index in [4.69, 9.17) is 9.15 Å². The summed E-state index contributed by atoms with van der Waals surface area (Å²) >= 11 is 0. The van der Waals surface area contributed by atoms with Gasteiger partial charge in [-0.15, -0.1) is 10.2 Å². The van der Waals surface area contributed by atoms with Crippen LogP contribution in [0.25, 0.3) is 11.0 Å². The van der Waals surface area contributed by atoms with E-state index in [1.165, 1.54) is 29.8 Å². The summed E-state index contributed by atoms with van der Waals surface area (Å²) in [6, 6.07) is 5.98. The van der Waals surface area contributed by atoms with Crippen molar-refractivity contribution in [2.75, 3.05) is 0 Å². The second kappa shape index (κ2) is 7.22. The van der Waals surface area contributed by atoms with Crippen molar-refractivity contribution in [1.82, 2.24) is 19.7 Å². The fraction of sp³-hybridized carbons (Fsp3) is 0.261. The zero-order valence-electron chi connectivity index (χ0n) is 18.0. The summed E-state index contributed by atoms with van der Waals surface area (Å²) in [5, 5.41) is 18.6. The number of halogens is 1. The van der Waals surface area contributed by atoms with E-state index >= 15 is 0 Å². The van der Waals surface area contributed by atoms with Gasteiger partial charge in [-0.2, -0.15) is 0 Å². The van der Waals surface area contributed by atoms with Gasteiger partial charge in [-0.05, 0) is 31.5 Å². The number of Topliss-reactive ketones (excluding diaryl/α,β-unsaturated/α-hetero) is 1. The van der Waals surface area contributed by atoms with Gasteiger partial charge >= 0.3 is 0 Å². The Morgan fingerprint density at radius 3 is 2.64 bits per heavy atom. The van der Waals surface area contributed by atoms with Gasteiger partial charge in [-0.25, -0.2) is 4.39 Å². The second-order valence-electron chi connectivity index (χ2n) is 8.24. The normalized spacial score (nSPS) is 17.2. The Kier molecular flexibility index (Phi) is 4.55. The summed E-state index contributed by atoms with van der Waals surface area (Å²) < 4.78 is 26.7. The molecule has 168 valence electrons. The highest BCUT2D eigenvalue weighted by molar-refractivity contribution is 6.02. The van der Waals surface area contributed by atoms with Crippen LogP contribution in [0.2, 0.25) is 0 Å². The summed E-state index contributed by atoms with van der Waals surface area (Å²) in [6.07, 6.45) is 1.82. The number of benzene rings is 1. The van der Waals surface area contributed by atoms with Crippen LogP contribution in [-0.2, 0) is 18.6 Å². The van der Waals surface area contributed by atoms with Crippen LogP contribution in [-0.4, -0.2) is 30.6 Å². The van der Waals surface area contributed by atoms with Crippen LogP contribution in [0.15, 0.2) is 39.7 Å². The standard InChI is InChI=1S/C23H19FN4O5/c1-11(29)16-19(30)17-18-20(14(9-25-17)8-13-4-6-15(24)7-5-13)33-23(3,10-28(18)21(16)31)22-27-26-12(2)32-22/h4-7,9,30H,8,10H2,1-3H3/t23-/m1/s1. The summed E-state index contributed by atoms with van der Waals surface area (Å²) in [4.78, 5) is 29.8. The lowest BCUT2D eigenvalue weighted by atomic mass is 9.99. The number of aromatic nitrogens is 4. The largest absolute Gasteiger partial charge is 0.505 e. The molecule has 0 bridgehead atoms. The van der Waals surface area contributed by atoms with Crippen molar-refractivity contribution in [2.24, 2.45) is 0 Å². The minimum absolute atomic E-state index is 0.0425. The van der Waals surface area contributed by atoms with E-state index in [0.29, 0.717) is 17.9 Å². The van der Waals surface area contributed by atoms with Gasteiger partial charge in [0.25, 0.3) is 11.4 Å². The third-order valence-corrected chi connectivity index (χ3v) is 5.70. The number of ether oxygens (including phenoxy) is 1. The Morgan fingerprint density at radius 1 is 1.27 bits per heavy atom. The van der Waals surface area contributed by atoms with Gasteiger partial charge < -0.3 is 14.3 Å². The molecule has 4 aromatic rings. The maximum absolute atomic E-state index is 13.4. The molecular weight excluding hydrogens is 431 g/mol. The van der Waals surface area contributed by atoms with Crippen molar-refractivity contribution in [3.63, 3.8) is 0 Å². The average Bonchev–Trinajstić information content (AvgIpc) is 3.21. The van der Waals surface area contributed by atoms with Gasteiger partial charge in [0.2, 0.25) is 11.5 Å². The molecule has 4 heterocycles. The number of hydrogen-bond donors (Lipinski definition) is 1. The number of carbonyl (C=O) groups is 1.